The van der Waals surface area contributed by atoms with Crippen molar-refractivity contribution in [2.45, 2.75) is 26.8 Å². The summed E-state index contributed by atoms with van der Waals surface area (Å²) in [6, 6.07) is 7.74. The molecule has 0 saturated heterocycles. The van der Waals surface area contributed by atoms with Crippen LogP contribution >= 0.6 is 15.9 Å². The number of hydrogen-bond donors (Lipinski definition) is 1. The summed E-state index contributed by atoms with van der Waals surface area (Å²) >= 11 is 3.39. The van der Waals surface area contributed by atoms with E-state index in [4.69, 9.17) is 0 Å². The molecule has 5 heteroatoms. The smallest absolute Gasteiger partial charge is 0.247 e. The largest absolute Gasteiger partial charge is 0.352 e. The van der Waals surface area contributed by atoms with E-state index in [1.54, 1.807) is 6.08 Å². The van der Waals surface area contributed by atoms with Crippen LogP contribution in [-0.2, 0) is 9.59 Å². The molecule has 0 atom stereocenters. The summed E-state index contributed by atoms with van der Waals surface area (Å²) in [5, 5.41) is 2.78. The van der Waals surface area contributed by atoms with Crippen molar-refractivity contribution >= 4 is 33.8 Å². The van der Waals surface area contributed by atoms with E-state index in [1.165, 1.54) is 11.0 Å². The van der Waals surface area contributed by atoms with Crippen LogP contribution in [0.2, 0.25) is 0 Å². The van der Waals surface area contributed by atoms with Gasteiger partial charge in [-0.1, -0.05) is 28.1 Å². The number of nitrogens with one attached hydrogen (secondary N) is 1. The minimum atomic E-state index is -0.170. The van der Waals surface area contributed by atoms with Gasteiger partial charge in [-0.2, -0.15) is 0 Å². The summed E-state index contributed by atoms with van der Waals surface area (Å²) in [6.07, 6.45) is 3.24. The molecule has 1 aromatic rings. The van der Waals surface area contributed by atoms with Crippen LogP contribution in [0.1, 0.15) is 26.3 Å². The lowest BCUT2D eigenvalue weighted by atomic mass is 10.2. The van der Waals surface area contributed by atoms with Gasteiger partial charge in [0.25, 0.3) is 0 Å². The van der Waals surface area contributed by atoms with Crippen LogP contribution in [0.5, 0.6) is 0 Å². The summed E-state index contributed by atoms with van der Waals surface area (Å²) in [7, 11) is 0. The van der Waals surface area contributed by atoms with Gasteiger partial charge in [0.1, 0.15) is 0 Å². The predicted molar refractivity (Wildman–Crippen MR) is 88.7 cm³/mol. The third-order valence-corrected chi connectivity index (χ3v) is 3.24. The van der Waals surface area contributed by atoms with E-state index in [0.717, 1.165) is 10.0 Å². The zero-order valence-electron chi connectivity index (χ0n) is 12.6. The van der Waals surface area contributed by atoms with Gasteiger partial charge in [-0.15, -0.1) is 0 Å². The number of amides is 2. The number of likely N-dealkylation sites (N-methyl/N-ethyl adjacent to an activating group) is 1. The molecule has 21 heavy (non-hydrogen) atoms. The lowest BCUT2D eigenvalue weighted by Gasteiger charge is -2.19. The van der Waals surface area contributed by atoms with Crippen LogP contribution in [0.3, 0.4) is 0 Å². The van der Waals surface area contributed by atoms with Gasteiger partial charge >= 0.3 is 0 Å². The Morgan fingerprint density at radius 1 is 1.38 bits per heavy atom. The van der Waals surface area contributed by atoms with E-state index in [9.17, 15) is 9.59 Å². The summed E-state index contributed by atoms with van der Waals surface area (Å²) in [5.41, 5.74) is 0.931. The lowest BCUT2D eigenvalue weighted by Crippen LogP contribution is -2.42. The molecule has 114 valence electrons. The molecule has 2 amide bonds. The molecule has 0 aromatic heterocycles. The van der Waals surface area contributed by atoms with Crippen LogP contribution in [0.25, 0.3) is 6.08 Å². The second-order valence-electron chi connectivity index (χ2n) is 4.96. The Kier molecular flexibility index (Phi) is 7.15. The third-order valence-electron chi connectivity index (χ3n) is 2.74. The molecule has 0 aliphatic heterocycles. The first-order valence-corrected chi connectivity index (χ1v) is 7.73. The molecule has 0 aliphatic carbocycles. The second-order valence-corrected chi connectivity index (χ2v) is 5.88. The highest BCUT2D eigenvalue weighted by atomic mass is 79.9. The zero-order valence-corrected chi connectivity index (χ0v) is 14.2. The number of halogens is 1. The van der Waals surface area contributed by atoms with Gasteiger partial charge in [0.2, 0.25) is 11.8 Å². The van der Waals surface area contributed by atoms with E-state index in [2.05, 4.69) is 21.2 Å². The van der Waals surface area contributed by atoms with Gasteiger partial charge in [0, 0.05) is 23.1 Å². The topological polar surface area (TPSA) is 49.4 Å². The Morgan fingerprint density at radius 3 is 2.67 bits per heavy atom. The van der Waals surface area contributed by atoms with Crippen molar-refractivity contribution in [3.8, 4) is 0 Å². The quantitative estimate of drug-likeness (QED) is 0.800. The molecule has 1 N–H and O–H groups in total. The molecule has 0 unspecified atom stereocenters. The van der Waals surface area contributed by atoms with Crippen molar-refractivity contribution < 1.29 is 9.59 Å². The van der Waals surface area contributed by atoms with Gasteiger partial charge in [0.05, 0.1) is 6.54 Å². The summed E-state index contributed by atoms with van der Waals surface area (Å²) in [5.74, 6) is -0.313. The van der Waals surface area contributed by atoms with Crippen molar-refractivity contribution in [2.75, 3.05) is 13.1 Å². The SMILES string of the molecule is CCN(CC(=O)NC(C)C)C(=O)/C=C/c1cccc(Br)c1. The maximum absolute atomic E-state index is 12.1. The first-order chi connectivity index (χ1) is 9.92. The average molecular weight is 353 g/mol. The number of rotatable bonds is 6. The van der Waals surface area contributed by atoms with Gasteiger partial charge in [-0.25, -0.2) is 0 Å². The first kappa shape index (κ1) is 17.4. The Balaban J connectivity index is 2.64. The Bertz CT molecular complexity index is 527. The van der Waals surface area contributed by atoms with E-state index >= 15 is 0 Å². The molecule has 0 spiro atoms. The van der Waals surface area contributed by atoms with Crippen LogP contribution in [-0.4, -0.2) is 35.8 Å². The average Bonchev–Trinajstić information content (AvgIpc) is 2.41. The minimum Gasteiger partial charge on any atom is -0.352 e. The third kappa shape index (κ3) is 6.58. The van der Waals surface area contributed by atoms with Crippen molar-refractivity contribution in [2.24, 2.45) is 0 Å². The van der Waals surface area contributed by atoms with Crippen LogP contribution < -0.4 is 5.32 Å². The molecule has 4 nitrogen and oxygen atoms in total. The number of nitrogens with zero attached hydrogens (tertiary/aromatic N) is 1. The molecule has 0 aliphatic rings. The summed E-state index contributed by atoms with van der Waals surface area (Å²) < 4.78 is 0.959. The zero-order chi connectivity index (χ0) is 15.8. The molecule has 0 fully saturated rings. The van der Waals surface area contributed by atoms with Crippen LogP contribution in [0.4, 0.5) is 0 Å². The summed E-state index contributed by atoms with van der Waals surface area (Å²) in [6.45, 7) is 6.21. The molecular weight excluding hydrogens is 332 g/mol. The molecular formula is C16H21BrN2O2. The maximum atomic E-state index is 12.1. The standard InChI is InChI=1S/C16H21BrN2O2/c1-4-19(11-15(20)18-12(2)3)16(21)9-8-13-6-5-7-14(17)10-13/h5-10,12H,4,11H2,1-3H3,(H,18,20)/b9-8+. The van der Waals surface area contributed by atoms with Crippen molar-refractivity contribution in [3.63, 3.8) is 0 Å². The van der Waals surface area contributed by atoms with Crippen molar-refractivity contribution in [3.05, 3.63) is 40.4 Å². The van der Waals surface area contributed by atoms with Gasteiger partial charge in [-0.3, -0.25) is 9.59 Å². The normalized spacial score (nSPS) is 10.9. The predicted octanol–water partition coefficient (Wildman–Crippen LogP) is 2.84. The Labute approximate surface area is 134 Å². The Hall–Kier alpha value is -1.62. The number of carbonyl (C=O) groups excluding carboxylic acids is 2. The van der Waals surface area contributed by atoms with E-state index in [-0.39, 0.29) is 24.4 Å². The van der Waals surface area contributed by atoms with E-state index in [1.807, 2.05) is 45.0 Å². The molecule has 1 aromatic carbocycles. The van der Waals surface area contributed by atoms with Crippen molar-refractivity contribution in [1.82, 2.24) is 10.2 Å². The van der Waals surface area contributed by atoms with Crippen LogP contribution in [0, 0.1) is 0 Å². The monoisotopic (exact) mass is 352 g/mol. The number of benzene rings is 1. The molecule has 0 radical (unpaired) electrons. The molecule has 0 heterocycles. The number of carbonyl (C=O) groups is 2. The van der Waals surface area contributed by atoms with Gasteiger partial charge in [-0.05, 0) is 44.5 Å². The first-order valence-electron chi connectivity index (χ1n) is 6.94. The van der Waals surface area contributed by atoms with Gasteiger partial charge in [0.15, 0.2) is 0 Å². The summed E-state index contributed by atoms with van der Waals surface area (Å²) in [4.78, 5) is 25.3. The fourth-order valence-electron chi connectivity index (χ4n) is 1.77. The minimum absolute atomic E-state index is 0.0727. The fraction of sp³-hybridized carbons (Fsp3) is 0.375. The van der Waals surface area contributed by atoms with Crippen molar-refractivity contribution in [1.29, 1.82) is 0 Å². The van der Waals surface area contributed by atoms with Crippen LogP contribution in [0.15, 0.2) is 34.8 Å². The van der Waals surface area contributed by atoms with E-state index in [0.29, 0.717) is 6.54 Å². The fourth-order valence-corrected chi connectivity index (χ4v) is 2.19. The Morgan fingerprint density at radius 2 is 2.10 bits per heavy atom. The number of hydrogen-bond acceptors (Lipinski definition) is 2. The highest BCUT2D eigenvalue weighted by Gasteiger charge is 2.13. The maximum Gasteiger partial charge on any atom is 0.247 e. The second kappa shape index (κ2) is 8.62. The molecule has 0 saturated carbocycles. The highest BCUT2D eigenvalue weighted by molar-refractivity contribution is 9.10. The lowest BCUT2D eigenvalue weighted by molar-refractivity contribution is -0.132. The molecule has 1 rings (SSSR count). The van der Waals surface area contributed by atoms with E-state index < -0.39 is 0 Å². The van der Waals surface area contributed by atoms with Gasteiger partial charge < -0.3 is 10.2 Å². The molecule has 0 bridgehead atoms. The highest BCUT2D eigenvalue weighted by Crippen LogP contribution is 2.12.